The Morgan fingerprint density at radius 1 is 1.03 bits per heavy atom. The van der Waals surface area contributed by atoms with Crippen molar-refractivity contribution >= 4 is 12.1 Å². The Hall–Kier alpha value is -3.10. The quantitative estimate of drug-likeness (QED) is 0.467. The fourth-order valence-electron chi connectivity index (χ4n) is 2.40. The molecule has 0 bridgehead atoms. The number of hydrogen-bond donors (Lipinski definition) is 3. The molecule has 0 aliphatic carbocycles. The van der Waals surface area contributed by atoms with Gasteiger partial charge in [0, 0.05) is 13.1 Å². The standard InChI is InChI=1S/C21H26N2O6/c1-27-18-9-7-16(8-10-18)13-22-11-12-28-15-19(20(24)25)23-21(26)29-14-17-5-3-2-4-6-17/h2-10,19,22H,11-15H2,1H3,(H,23,26)(H,24,25)/t19-/m1/s1. The average Bonchev–Trinajstić information content (AvgIpc) is 2.74. The Morgan fingerprint density at radius 3 is 2.41 bits per heavy atom. The second kappa shape index (κ2) is 12.4. The summed E-state index contributed by atoms with van der Waals surface area (Å²) in [4.78, 5) is 23.1. The summed E-state index contributed by atoms with van der Waals surface area (Å²) in [6.45, 7) is 1.41. The van der Waals surface area contributed by atoms with Gasteiger partial charge in [0.25, 0.3) is 0 Å². The number of benzene rings is 2. The van der Waals surface area contributed by atoms with Crippen molar-refractivity contribution in [1.82, 2.24) is 10.6 Å². The van der Waals surface area contributed by atoms with Gasteiger partial charge in [-0.2, -0.15) is 0 Å². The van der Waals surface area contributed by atoms with Crippen LogP contribution < -0.4 is 15.4 Å². The first kappa shape index (κ1) is 22.2. The van der Waals surface area contributed by atoms with Crippen molar-refractivity contribution in [2.75, 3.05) is 26.9 Å². The highest BCUT2D eigenvalue weighted by molar-refractivity contribution is 5.80. The van der Waals surface area contributed by atoms with E-state index in [2.05, 4.69) is 10.6 Å². The van der Waals surface area contributed by atoms with Gasteiger partial charge in [0.1, 0.15) is 12.4 Å². The Kier molecular flexibility index (Phi) is 9.47. The molecule has 156 valence electrons. The van der Waals surface area contributed by atoms with Crippen molar-refractivity contribution < 1.29 is 28.9 Å². The number of hydrogen-bond acceptors (Lipinski definition) is 6. The first-order valence-corrected chi connectivity index (χ1v) is 9.20. The fourth-order valence-corrected chi connectivity index (χ4v) is 2.40. The van der Waals surface area contributed by atoms with Crippen molar-refractivity contribution in [2.24, 2.45) is 0 Å². The molecule has 8 nitrogen and oxygen atoms in total. The van der Waals surface area contributed by atoms with Crippen LogP contribution in [0.2, 0.25) is 0 Å². The van der Waals surface area contributed by atoms with Crippen molar-refractivity contribution in [2.45, 2.75) is 19.2 Å². The van der Waals surface area contributed by atoms with Gasteiger partial charge in [0.15, 0.2) is 6.04 Å². The molecule has 29 heavy (non-hydrogen) atoms. The summed E-state index contributed by atoms with van der Waals surface area (Å²) in [6.07, 6.45) is -0.803. The maximum absolute atomic E-state index is 11.8. The normalized spacial score (nSPS) is 11.5. The van der Waals surface area contributed by atoms with Gasteiger partial charge in [0.05, 0.1) is 20.3 Å². The van der Waals surface area contributed by atoms with Gasteiger partial charge in [0.2, 0.25) is 0 Å². The minimum Gasteiger partial charge on any atom is -0.497 e. The lowest BCUT2D eigenvalue weighted by Crippen LogP contribution is -2.44. The van der Waals surface area contributed by atoms with Gasteiger partial charge in [-0.25, -0.2) is 9.59 Å². The summed E-state index contributed by atoms with van der Waals surface area (Å²) in [5.74, 6) is -0.389. The first-order valence-electron chi connectivity index (χ1n) is 9.20. The van der Waals surface area contributed by atoms with E-state index in [9.17, 15) is 14.7 Å². The van der Waals surface area contributed by atoms with Crippen LogP contribution in [0.25, 0.3) is 0 Å². The van der Waals surface area contributed by atoms with Crippen LogP contribution >= 0.6 is 0 Å². The summed E-state index contributed by atoms with van der Waals surface area (Å²) < 4.78 is 15.5. The zero-order valence-corrected chi connectivity index (χ0v) is 16.3. The molecule has 0 saturated heterocycles. The summed E-state index contributed by atoms with van der Waals surface area (Å²) in [6, 6.07) is 15.6. The Bertz CT molecular complexity index is 752. The van der Waals surface area contributed by atoms with Crippen molar-refractivity contribution in [3.05, 3.63) is 65.7 Å². The number of ether oxygens (including phenoxy) is 3. The maximum Gasteiger partial charge on any atom is 0.408 e. The molecule has 0 fully saturated rings. The third-order valence-electron chi connectivity index (χ3n) is 4.00. The third-order valence-corrected chi connectivity index (χ3v) is 4.00. The Morgan fingerprint density at radius 2 is 1.76 bits per heavy atom. The SMILES string of the molecule is COc1ccc(CNCCOC[C@@H](NC(=O)OCc2ccccc2)C(=O)O)cc1. The monoisotopic (exact) mass is 402 g/mol. The number of carboxylic acids is 1. The smallest absolute Gasteiger partial charge is 0.408 e. The van der Waals surface area contributed by atoms with Crippen LogP contribution in [0.15, 0.2) is 54.6 Å². The Balaban J connectivity index is 1.61. The molecule has 2 rings (SSSR count). The highest BCUT2D eigenvalue weighted by atomic mass is 16.5. The van der Waals surface area contributed by atoms with E-state index in [4.69, 9.17) is 14.2 Å². The fraction of sp³-hybridized carbons (Fsp3) is 0.333. The van der Waals surface area contributed by atoms with Crippen molar-refractivity contribution in [1.29, 1.82) is 0 Å². The van der Waals surface area contributed by atoms with Gasteiger partial charge >= 0.3 is 12.1 Å². The molecule has 2 aromatic rings. The van der Waals surface area contributed by atoms with Gasteiger partial charge in [-0.1, -0.05) is 42.5 Å². The molecule has 0 spiro atoms. The van der Waals surface area contributed by atoms with Gasteiger partial charge < -0.3 is 30.0 Å². The molecule has 0 aromatic heterocycles. The molecular formula is C21H26N2O6. The van der Waals surface area contributed by atoms with Gasteiger partial charge in [-0.05, 0) is 23.3 Å². The van der Waals surface area contributed by atoms with Crippen LogP contribution in [0.4, 0.5) is 4.79 Å². The van der Waals surface area contributed by atoms with Crippen LogP contribution in [0.1, 0.15) is 11.1 Å². The largest absolute Gasteiger partial charge is 0.497 e. The van der Waals surface area contributed by atoms with Crippen LogP contribution in [0, 0.1) is 0 Å². The van der Waals surface area contributed by atoms with E-state index in [1.165, 1.54) is 0 Å². The second-order valence-electron chi connectivity index (χ2n) is 6.20. The van der Waals surface area contributed by atoms with E-state index in [-0.39, 0.29) is 13.2 Å². The average molecular weight is 402 g/mol. The van der Waals surface area contributed by atoms with Crippen LogP contribution in [0.5, 0.6) is 5.75 Å². The number of carbonyl (C=O) groups excluding carboxylic acids is 1. The third kappa shape index (κ3) is 8.63. The van der Waals surface area contributed by atoms with E-state index < -0.39 is 18.1 Å². The van der Waals surface area contributed by atoms with Crippen LogP contribution in [-0.4, -0.2) is 50.1 Å². The number of alkyl carbamates (subject to hydrolysis) is 1. The number of aliphatic carboxylic acids is 1. The molecular weight excluding hydrogens is 376 g/mol. The highest BCUT2D eigenvalue weighted by Gasteiger charge is 2.20. The topological polar surface area (TPSA) is 106 Å². The number of amides is 1. The number of methoxy groups -OCH3 is 1. The summed E-state index contributed by atoms with van der Waals surface area (Å²) >= 11 is 0. The lowest BCUT2D eigenvalue weighted by atomic mass is 10.2. The molecule has 0 heterocycles. The summed E-state index contributed by atoms with van der Waals surface area (Å²) in [5, 5.41) is 14.7. The lowest BCUT2D eigenvalue weighted by molar-refractivity contribution is -0.141. The van der Waals surface area contributed by atoms with Crippen molar-refractivity contribution in [3.8, 4) is 5.75 Å². The first-order chi connectivity index (χ1) is 14.1. The zero-order chi connectivity index (χ0) is 20.9. The number of rotatable bonds is 12. The van der Waals surface area contributed by atoms with E-state index in [1.54, 1.807) is 7.11 Å². The molecule has 2 aromatic carbocycles. The Labute approximate surface area is 169 Å². The molecule has 0 aliphatic heterocycles. The van der Waals surface area contributed by atoms with Gasteiger partial charge in [-0.3, -0.25) is 0 Å². The minimum atomic E-state index is -1.19. The molecule has 1 amide bonds. The zero-order valence-electron chi connectivity index (χ0n) is 16.3. The maximum atomic E-state index is 11.8. The van der Waals surface area contributed by atoms with E-state index >= 15 is 0 Å². The van der Waals surface area contributed by atoms with Crippen LogP contribution in [-0.2, 0) is 27.4 Å². The molecule has 3 N–H and O–H groups in total. The van der Waals surface area contributed by atoms with Crippen LogP contribution in [0.3, 0.4) is 0 Å². The number of carbonyl (C=O) groups is 2. The van der Waals surface area contributed by atoms with E-state index in [1.807, 2.05) is 54.6 Å². The molecule has 1 atom stereocenters. The molecule has 8 heteroatoms. The lowest BCUT2D eigenvalue weighted by Gasteiger charge is -2.15. The second-order valence-corrected chi connectivity index (χ2v) is 6.20. The van der Waals surface area contributed by atoms with E-state index in [0.29, 0.717) is 19.7 Å². The molecule has 0 radical (unpaired) electrons. The molecule has 0 unspecified atom stereocenters. The predicted molar refractivity (Wildman–Crippen MR) is 107 cm³/mol. The molecule has 0 aliphatic rings. The number of carboxylic acid groups (broad SMARTS) is 1. The number of nitrogens with one attached hydrogen (secondary N) is 2. The van der Waals surface area contributed by atoms with E-state index in [0.717, 1.165) is 16.9 Å². The highest BCUT2D eigenvalue weighted by Crippen LogP contribution is 2.10. The van der Waals surface area contributed by atoms with Crippen molar-refractivity contribution in [3.63, 3.8) is 0 Å². The predicted octanol–water partition coefficient (Wildman–Crippen LogP) is 2.18. The summed E-state index contributed by atoms with van der Waals surface area (Å²) in [7, 11) is 1.62. The summed E-state index contributed by atoms with van der Waals surface area (Å²) in [5.41, 5.74) is 1.91. The van der Waals surface area contributed by atoms with Gasteiger partial charge in [-0.15, -0.1) is 0 Å². The minimum absolute atomic E-state index is 0.0646. The molecule has 0 saturated carbocycles.